The summed E-state index contributed by atoms with van der Waals surface area (Å²) in [7, 11) is 0. The highest BCUT2D eigenvalue weighted by Gasteiger charge is 2.26. The smallest absolute Gasteiger partial charge is 0.216 e. The predicted octanol–water partition coefficient (Wildman–Crippen LogP) is 4.31. The third kappa shape index (κ3) is 2.23. The van der Waals surface area contributed by atoms with E-state index >= 15 is 0 Å². The molecule has 1 aromatic heterocycles. The van der Waals surface area contributed by atoms with E-state index in [1.165, 1.54) is 33.3 Å². The van der Waals surface area contributed by atoms with E-state index in [1.807, 2.05) is 6.07 Å². The van der Waals surface area contributed by atoms with Crippen LogP contribution in [0.3, 0.4) is 0 Å². The number of nitrogens with zero attached hydrogens (tertiary/aromatic N) is 1. The summed E-state index contributed by atoms with van der Waals surface area (Å²) >= 11 is 6.39. The van der Waals surface area contributed by atoms with E-state index in [2.05, 4.69) is 47.1 Å². The minimum atomic E-state index is 0.00906. The second-order valence-corrected chi connectivity index (χ2v) is 6.78. The maximum absolute atomic E-state index is 11.2. The lowest BCUT2D eigenvalue weighted by Gasteiger charge is -2.07. The number of benzene rings is 2. The van der Waals surface area contributed by atoms with Crippen molar-refractivity contribution in [2.75, 3.05) is 6.54 Å². The van der Waals surface area contributed by atoms with Crippen LogP contribution in [-0.2, 0) is 17.8 Å². The van der Waals surface area contributed by atoms with Crippen molar-refractivity contribution >= 4 is 28.4 Å². The molecule has 1 aliphatic rings. The molecule has 2 aromatic carbocycles. The summed E-state index contributed by atoms with van der Waals surface area (Å²) in [6.45, 7) is 5.16. The molecule has 1 aliphatic heterocycles. The van der Waals surface area contributed by atoms with Gasteiger partial charge in [-0.1, -0.05) is 41.9 Å². The molecule has 0 aliphatic carbocycles. The molecule has 1 N–H and O–H groups in total. The van der Waals surface area contributed by atoms with Crippen molar-refractivity contribution in [3.05, 3.63) is 58.1 Å². The average molecular weight is 339 g/mol. The Hall–Kier alpha value is -2.26. The minimum Gasteiger partial charge on any atom is -0.356 e. The zero-order valence-corrected chi connectivity index (χ0v) is 14.6. The van der Waals surface area contributed by atoms with Crippen LogP contribution in [0.15, 0.2) is 36.4 Å². The summed E-state index contributed by atoms with van der Waals surface area (Å²) in [6.07, 6.45) is 0.813. The fraction of sp³-hybridized carbons (Fsp3) is 0.250. The third-order valence-electron chi connectivity index (χ3n) is 4.87. The van der Waals surface area contributed by atoms with E-state index < -0.39 is 0 Å². The highest BCUT2D eigenvalue weighted by Crippen LogP contribution is 2.43. The monoisotopic (exact) mass is 338 g/mol. The van der Waals surface area contributed by atoms with Crippen LogP contribution < -0.4 is 5.32 Å². The summed E-state index contributed by atoms with van der Waals surface area (Å²) in [4.78, 5) is 11.2. The second kappa shape index (κ2) is 5.67. The molecule has 24 heavy (non-hydrogen) atoms. The number of aromatic nitrogens is 1. The molecular weight excluding hydrogens is 320 g/mol. The molecule has 0 saturated heterocycles. The summed E-state index contributed by atoms with van der Waals surface area (Å²) in [5, 5.41) is 4.96. The Labute approximate surface area is 146 Å². The summed E-state index contributed by atoms with van der Waals surface area (Å²) < 4.78 is 2.38. The van der Waals surface area contributed by atoms with Crippen LogP contribution in [0, 0.1) is 6.92 Å². The van der Waals surface area contributed by atoms with Crippen molar-refractivity contribution in [1.29, 1.82) is 0 Å². The number of rotatable bonds is 3. The Morgan fingerprint density at radius 2 is 2.04 bits per heavy atom. The number of amides is 1. The Kier molecular flexibility index (Phi) is 3.61. The first-order valence-corrected chi connectivity index (χ1v) is 8.58. The largest absolute Gasteiger partial charge is 0.356 e. The number of hydrogen-bond donors (Lipinski definition) is 1. The van der Waals surface area contributed by atoms with Crippen LogP contribution in [0.5, 0.6) is 0 Å². The number of carbonyl (C=O) groups is 1. The number of fused-ring (bicyclic) bond motifs is 5. The quantitative estimate of drug-likeness (QED) is 0.593. The van der Waals surface area contributed by atoms with E-state index in [1.54, 1.807) is 6.92 Å². The predicted molar refractivity (Wildman–Crippen MR) is 98.6 cm³/mol. The van der Waals surface area contributed by atoms with Gasteiger partial charge in [0.05, 0.1) is 11.2 Å². The topological polar surface area (TPSA) is 34.0 Å². The Balaban J connectivity index is 1.94. The van der Waals surface area contributed by atoms with E-state index in [9.17, 15) is 4.79 Å². The number of hydrogen-bond acceptors (Lipinski definition) is 1. The molecule has 2 heterocycles. The van der Waals surface area contributed by atoms with Gasteiger partial charge in [0.25, 0.3) is 0 Å². The molecule has 4 heteroatoms. The van der Waals surface area contributed by atoms with E-state index in [0.29, 0.717) is 6.54 Å². The van der Waals surface area contributed by atoms with Gasteiger partial charge in [0.2, 0.25) is 5.91 Å². The van der Waals surface area contributed by atoms with Gasteiger partial charge in [-0.3, -0.25) is 4.79 Å². The van der Waals surface area contributed by atoms with Gasteiger partial charge in [-0.25, -0.2) is 0 Å². The normalized spacial score (nSPS) is 12.3. The van der Waals surface area contributed by atoms with Gasteiger partial charge in [-0.15, -0.1) is 0 Å². The number of halogens is 1. The van der Waals surface area contributed by atoms with E-state index in [4.69, 9.17) is 11.6 Å². The van der Waals surface area contributed by atoms with Gasteiger partial charge in [0, 0.05) is 36.0 Å². The van der Waals surface area contributed by atoms with Gasteiger partial charge >= 0.3 is 0 Å². The van der Waals surface area contributed by atoms with Crippen LogP contribution in [0.1, 0.15) is 23.6 Å². The van der Waals surface area contributed by atoms with E-state index in [0.717, 1.165) is 23.6 Å². The molecule has 0 saturated carbocycles. The number of nitrogens with one attached hydrogen (secondary N) is 1. The molecule has 3 aromatic rings. The molecule has 4 rings (SSSR count). The van der Waals surface area contributed by atoms with Gasteiger partial charge in [-0.2, -0.15) is 0 Å². The first-order valence-electron chi connectivity index (χ1n) is 8.21. The minimum absolute atomic E-state index is 0.00906. The van der Waals surface area contributed by atoms with Crippen LogP contribution in [0.25, 0.3) is 22.2 Å². The number of carbonyl (C=O) groups excluding carboxylic acids is 1. The lowest BCUT2D eigenvalue weighted by atomic mass is 9.99. The molecule has 3 nitrogen and oxygen atoms in total. The lowest BCUT2D eigenvalue weighted by Crippen LogP contribution is -2.22. The fourth-order valence-electron chi connectivity index (χ4n) is 3.81. The summed E-state index contributed by atoms with van der Waals surface area (Å²) in [5.41, 5.74) is 7.54. The maximum atomic E-state index is 11.2. The van der Waals surface area contributed by atoms with Crippen molar-refractivity contribution in [3.8, 4) is 11.3 Å². The Morgan fingerprint density at radius 1 is 1.25 bits per heavy atom. The molecule has 0 unspecified atom stereocenters. The molecular formula is C20H19ClN2O. The van der Waals surface area contributed by atoms with Gasteiger partial charge in [0.15, 0.2) is 0 Å². The third-order valence-corrected chi connectivity index (χ3v) is 5.28. The zero-order chi connectivity index (χ0) is 16.8. The van der Waals surface area contributed by atoms with Crippen molar-refractivity contribution in [3.63, 3.8) is 0 Å². The SMILES string of the molecule is CC(=O)NCCc1c2n(c3c(C)c(Cl)ccc13)Cc1ccccc1-2. The van der Waals surface area contributed by atoms with Crippen LogP contribution in [-0.4, -0.2) is 17.0 Å². The van der Waals surface area contributed by atoms with Crippen LogP contribution in [0.2, 0.25) is 5.02 Å². The van der Waals surface area contributed by atoms with Gasteiger partial charge < -0.3 is 9.88 Å². The van der Waals surface area contributed by atoms with Gasteiger partial charge in [0.1, 0.15) is 0 Å². The average Bonchev–Trinajstić information content (AvgIpc) is 3.06. The summed E-state index contributed by atoms with van der Waals surface area (Å²) in [6, 6.07) is 12.6. The maximum Gasteiger partial charge on any atom is 0.216 e. The molecule has 0 radical (unpaired) electrons. The molecule has 1 amide bonds. The van der Waals surface area contributed by atoms with Crippen molar-refractivity contribution in [1.82, 2.24) is 9.88 Å². The number of aryl methyl sites for hydroxylation is 1. The van der Waals surface area contributed by atoms with Gasteiger partial charge in [-0.05, 0) is 36.1 Å². The van der Waals surface area contributed by atoms with Crippen molar-refractivity contribution < 1.29 is 4.79 Å². The Bertz CT molecular complexity index is 971. The molecule has 122 valence electrons. The fourth-order valence-corrected chi connectivity index (χ4v) is 3.96. The second-order valence-electron chi connectivity index (χ2n) is 6.37. The van der Waals surface area contributed by atoms with Crippen molar-refractivity contribution in [2.45, 2.75) is 26.8 Å². The van der Waals surface area contributed by atoms with Crippen molar-refractivity contribution in [2.24, 2.45) is 0 Å². The molecule has 0 atom stereocenters. The standard InChI is InChI=1S/C20H19ClN2O/c1-12-18(21)8-7-16-17(9-10-22-13(2)24)20-15-6-4-3-5-14(15)11-23(20)19(12)16/h3-8H,9-11H2,1-2H3,(H,22,24). The highest BCUT2D eigenvalue weighted by molar-refractivity contribution is 6.32. The highest BCUT2D eigenvalue weighted by atomic mass is 35.5. The molecule has 0 spiro atoms. The lowest BCUT2D eigenvalue weighted by molar-refractivity contribution is -0.118. The molecule has 0 bridgehead atoms. The zero-order valence-electron chi connectivity index (χ0n) is 13.8. The van der Waals surface area contributed by atoms with E-state index in [-0.39, 0.29) is 5.91 Å². The summed E-state index contributed by atoms with van der Waals surface area (Å²) in [5.74, 6) is 0.00906. The van der Waals surface area contributed by atoms with Crippen LogP contribution in [0.4, 0.5) is 0 Å². The first-order chi connectivity index (χ1) is 11.6. The Morgan fingerprint density at radius 3 is 2.83 bits per heavy atom. The first kappa shape index (κ1) is 15.3. The molecule has 0 fully saturated rings. The van der Waals surface area contributed by atoms with Crippen LogP contribution >= 0.6 is 11.6 Å².